The van der Waals surface area contributed by atoms with Crippen LogP contribution in [0.4, 0.5) is 17.1 Å². The molecule has 0 aliphatic heterocycles. The van der Waals surface area contributed by atoms with Crippen molar-refractivity contribution in [3.05, 3.63) is 224 Å². The van der Waals surface area contributed by atoms with Crippen molar-refractivity contribution in [2.24, 2.45) is 0 Å². The maximum absolute atomic E-state index is 2.42. The Hall–Kier alpha value is -7.22. The Labute approximate surface area is 322 Å². The lowest BCUT2D eigenvalue weighted by Gasteiger charge is -2.29. The predicted octanol–water partition coefficient (Wildman–Crippen LogP) is 15.3. The average molecular weight is 700 g/mol. The molecule has 1 heteroatoms. The molecule has 1 nitrogen and oxygen atoms in total. The normalized spacial score (nSPS) is 11.3. The van der Waals surface area contributed by atoms with Gasteiger partial charge in [-0.1, -0.05) is 182 Å². The third-order valence-electron chi connectivity index (χ3n) is 10.8. The molecular weight excluding hydrogens is 663 g/mol. The van der Waals surface area contributed by atoms with Crippen LogP contribution in [0.5, 0.6) is 0 Å². The zero-order valence-corrected chi connectivity index (χ0v) is 30.3. The number of rotatable bonds is 7. The van der Waals surface area contributed by atoms with E-state index in [4.69, 9.17) is 0 Å². The van der Waals surface area contributed by atoms with Gasteiger partial charge in [0.05, 0.1) is 5.69 Å². The number of anilines is 3. The molecule has 0 saturated carbocycles. The third kappa shape index (κ3) is 6.22. The van der Waals surface area contributed by atoms with E-state index in [9.17, 15) is 0 Å². The first-order chi connectivity index (χ1) is 27.2. The van der Waals surface area contributed by atoms with Crippen molar-refractivity contribution < 1.29 is 0 Å². The molecule has 0 aliphatic carbocycles. The maximum Gasteiger partial charge on any atom is 0.0546 e. The number of hydrogen-bond acceptors (Lipinski definition) is 1. The number of fused-ring (bicyclic) bond motifs is 3. The van der Waals surface area contributed by atoms with Gasteiger partial charge in [0.2, 0.25) is 0 Å². The van der Waals surface area contributed by atoms with E-state index in [1.807, 2.05) is 0 Å². The first kappa shape index (κ1) is 32.4. The number of benzene rings is 10. The van der Waals surface area contributed by atoms with Crippen molar-refractivity contribution >= 4 is 49.4 Å². The van der Waals surface area contributed by atoms with Crippen LogP contribution in [0.3, 0.4) is 0 Å². The molecule has 10 rings (SSSR count). The standard InChI is InChI=1S/C54H37N/c1-2-13-42(14-3-1)53-34-29-48(47-24-22-39-12-5-7-17-45(39)36-47)37-54(53)55(49-30-25-40(26-31-49)46-23-21-38-11-4-6-16-44(38)35-46)50-32-27-43(28-33-50)52-20-10-18-41-15-8-9-19-51(41)52/h1-37H. The van der Waals surface area contributed by atoms with Gasteiger partial charge in [-0.25, -0.2) is 0 Å². The van der Waals surface area contributed by atoms with E-state index in [1.54, 1.807) is 0 Å². The van der Waals surface area contributed by atoms with Crippen molar-refractivity contribution in [2.45, 2.75) is 0 Å². The summed E-state index contributed by atoms with van der Waals surface area (Å²) in [5.41, 5.74) is 12.8. The summed E-state index contributed by atoms with van der Waals surface area (Å²) in [4.78, 5) is 2.42. The van der Waals surface area contributed by atoms with Crippen molar-refractivity contribution in [3.8, 4) is 44.5 Å². The summed E-state index contributed by atoms with van der Waals surface area (Å²) < 4.78 is 0. The van der Waals surface area contributed by atoms with Crippen LogP contribution in [-0.2, 0) is 0 Å². The van der Waals surface area contributed by atoms with Gasteiger partial charge in [-0.3, -0.25) is 0 Å². The molecule has 0 radical (unpaired) electrons. The smallest absolute Gasteiger partial charge is 0.0546 e. The van der Waals surface area contributed by atoms with Gasteiger partial charge >= 0.3 is 0 Å². The van der Waals surface area contributed by atoms with Crippen molar-refractivity contribution in [2.75, 3.05) is 4.90 Å². The summed E-state index contributed by atoms with van der Waals surface area (Å²) in [6.45, 7) is 0. The van der Waals surface area contributed by atoms with Gasteiger partial charge in [0.15, 0.2) is 0 Å². The van der Waals surface area contributed by atoms with Gasteiger partial charge in [0, 0.05) is 16.9 Å². The van der Waals surface area contributed by atoms with E-state index in [-0.39, 0.29) is 0 Å². The van der Waals surface area contributed by atoms with Crippen molar-refractivity contribution in [1.29, 1.82) is 0 Å². The van der Waals surface area contributed by atoms with Crippen LogP contribution in [0.1, 0.15) is 0 Å². The molecular formula is C54H37N. The predicted molar refractivity (Wildman–Crippen MR) is 235 cm³/mol. The van der Waals surface area contributed by atoms with Crippen LogP contribution < -0.4 is 4.90 Å². The largest absolute Gasteiger partial charge is 0.310 e. The molecule has 55 heavy (non-hydrogen) atoms. The molecule has 0 spiro atoms. The second-order valence-corrected chi connectivity index (χ2v) is 14.2. The van der Waals surface area contributed by atoms with E-state index in [2.05, 4.69) is 229 Å². The Morgan fingerprint density at radius 2 is 0.691 bits per heavy atom. The van der Waals surface area contributed by atoms with E-state index in [0.717, 1.165) is 17.1 Å². The van der Waals surface area contributed by atoms with Crippen LogP contribution in [0.15, 0.2) is 224 Å². The van der Waals surface area contributed by atoms with Crippen LogP contribution in [-0.4, -0.2) is 0 Å². The summed E-state index contributed by atoms with van der Waals surface area (Å²) >= 11 is 0. The van der Waals surface area contributed by atoms with E-state index in [1.165, 1.54) is 76.8 Å². The molecule has 0 amide bonds. The zero-order valence-electron chi connectivity index (χ0n) is 30.3. The molecule has 0 aliphatic rings. The number of hydrogen-bond donors (Lipinski definition) is 0. The third-order valence-corrected chi connectivity index (χ3v) is 10.8. The molecule has 10 aromatic rings. The number of nitrogens with zero attached hydrogens (tertiary/aromatic N) is 1. The molecule has 0 unspecified atom stereocenters. The Morgan fingerprint density at radius 3 is 1.35 bits per heavy atom. The molecule has 0 aromatic heterocycles. The van der Waals surface area contributed by atoms with E-state index < -0.39 is 0 Å². The summed E-state index contributed by atoms with van der Waals surface area (Å²) in [6.07, 6.45) is 0. The molecule has 0 heterocycles. The highest BCUT2D eigenvalue weighted by Crippen LogP contribution is 2.44. The lowest BCUT2D eigenvalue weighted by molar-refractivity contribution is 1.28. The van der Waals surface area contributed by atoms with Crippen molar-refractivity contribution in [3.63, 3.8) is 0 Å². The molecule has 0 bridgehead atoms. The van der Waals surface area contributed by atoms with Gasteiger partial charge in [-0.15, -0.1) is 0 Å². The molecule has 0 saturated heterocycles. The Kier molecular flexibility index (Phi) is 8.24. The van der Waals surface area contributed by atoms with E-state index >= 15 is 0 Å². The maximum atomic E-state index is 2.42. The molecule has 0 atom stereocenters. The van der Waals surface area contributed by atoms with Gasteiger partial charge < -0.3 is 4.90 Å². The minimum atomic E-state index is 1.09. The van der Waals surface area contributed by atoms with Crippen LogP contribution >= 0.6 is 0 Å². The average Bonchev–Trinajstić information content (AvgIpc) is 3.27. The molecule has 0 fully saturated rings. The first-order valence-corrected chi connectivity index (χ1v) is 18.9. The topological polar surface area (TPSA) is 3.24 Å². The fraction of sp³-hybridized carbons (Fsp3) is 0. The van der Waals surface area contributed by atoms with Gasteiger partial charge in [0.25, 0.3) is 0 Å². The molecule has 258 valence electrons. The highest BCUT2D eigenvalue weighted by Gasteiger charge is 2.19. The first-order valence-electron chi connectivity index (χ1n) is 18.9. The SMILES string of the molecule is c1ccc(-c2ccc(-c3ccc4ccccc4c3)cc2N(c2ccc(-c3ccc4ccccc4c3)cc2)c2ccc(-c3cccc4ccccc34)cc2)cc1. The fourth-order valence-electron chi connectivity index (χ4n) is 7.99. The van der Waals surface area contributed by atoms with Crippen LogP contribution in [0, 0.1) is 0 Å². The van der Waals surface area contributed by atoms with Gasteiger partial charge in [-0.05, 0) is 114 Å². The second-order valence-electron chi connectivity index (χ2n) is 14.2. The Balaban J connectivity index is 1.14. The highest BCUT2D eigenvalue weighted by atomic mass is 15.1. The molecule has 10 aromatic carbocycles. The lowest BCUT2D eigenvalue weighted by Crippen LogP contribution is -2.11. The van der Waals surface area contributed by atoms with Crippen LogP contribution in [0.2, 0.25) is 0 Å². The lowest BCUT2D eigenvalue weighted by atomic mass is 9.95. The summed E-state index contributed by atoms with van der Waals surface area (Å²) in [6, 6.07) is 81.6. The minimum Gasteiger partial charge on any atom is -0.310 e. The highest BCUT2D eigenvalue weighted by molar-refractivity contribution is 5.98. The fourth-order valence-corrected chi connectivity index (χ4v) is 7.99. The second kappa shape index (κ2) is 14.0. The summed E-state index contributed by atoms with van der Waals surface area (Å²) in [5, 5.41) is 7.48. The quantitative estimate of drug-likeness (QED) is 0.160. The van der Waals surface area contributed by atoms with Crippen molar-refractivity contribution in [1.82, 2.24) is 0 Å². The van der Waals surface area contributed by atoms with E-state index in [0.29, 0.717) is 0 Å². The monoisotopic (exact) mass is 699 g/mol. The Bertz CT molecular complexity index is 2950. The Morgan fingerprint density at radius 1 is 0.236 bits per heavy atom. The van der Waals surface area contributed by atoms with Gasteiger partial charge in [0.1, 0.15) is 0 Å². The zero-order chi connectivity index (χ0) is 36.6. The molecule has 0 N–H and O–H groups in total. The minimum absolute atomic E-state index is 1.09. The summed E-state index contributed by atoms with van der Waals surface area (Å²) in [5.74, 6) is 0. The van der Waals surface area contributed by atoms with Crippen LogP contribution in [0.25, 0.3) is 76.8 Å². The van der Waals surface area contributed by atoms with Gasteiger partial charge in [-0.2, -0.15) is 0 Å². The summed E-state index contributed by atoms with van der Waals surface area (Å²) in [7, 11) is 0.